The van der Waals surface area contributed by atoms with Gasteiger partial charge in [-0.15, -0.1) is 0 Å². The minimum Gasteiger partial charge on any atom is -0.309 e. The van der Waals surface area contributed by atoms with E-state index in [1.165, 1.54) is 93.8 Å². The molecule has 10 aromatic rings. The zero-order valence-corrected chi connectivity index (χ0v) is 29.7. The van der Waals surface area contributed by atoms with Crippen LogP contribution < -0.4 is 0 Å². The van der Waals surface area contributed by atoms with Gasteiger partial charge in [0, 0.05) is 38.2 Å². The van der Waals surface area contributed by atoms with Crippen molar-refractivity contribution in [1.29, 1.82) is 0 Å². The highest BCUT2D eigenvalue weighted by atomic mass is 15.0. The van der Waals surface area contributed by atoms with Crippen molar-refractivity contribution < 1.29 is 0 Å². The predicted molar refractivity (Wildman–Crippen MR) is 224 cm³/mol. The lowest BCUT2D eigenvalue weighted by atomic mass is 9.82. The number of para-hydroxylation sites is 2. The Kier molecular flexibility index (Phi) is 6.33. The van der Waals surface area contributed by atoms with Gasteiger partial charge in [0.25, 0.3) is 0 Å². The van der Waals surface area contributed by atoms with Gasteiger partial charge in [-0.2, -0.15) is 0 Å². The molecule has 0 amide bonds. The first-order valence-corrected chi connectivity index (χ1v) is 18.5. The van der Waals surface area contributed by atoms with Crippen LogP contribution in [-0.4, -0.2) is 9.13 Å². The highest BCUT2D eigenvalue weighted by Gasteiger charge is 2.37. The van der Waals surface area contributed by atoms with Crippen molar-refractivity contribution in [3.8, 4) is 44.8 Å². The fourth-order valence-electron chi connectivity index (χ4n) is 9.38. The van der Waals surface area contributed by atoms with Crippen molar-refractivity contribution in [2.45, 2.75) is 19.3 Å². The topological polar surface area (TPSA) is 9.86 Å². The molecule has 0 radical (unpaired) electrons. The van der Waals surface area contributed by atoms with Crippen LogP contribution in [0.3, 0.4) is 0 Å². The fourth-order valence-corrected chi connectivity index (χ4v) is 9.38. The van der Waals surface area contributed by atoms with Gasteiger partial charge in [-0.05, 0) is 81.4 Å². The second-order valence-electron chi connectivity index (χ2n) is 14.9. The summed E-state index contributed by atoms with van der Waals surface area (Å²) in [6.07, 6.45) is 0. The maximum Gasteiger partial charge on any atom is 0.0547 e. The smallest absolute Gasteiger partial charge is 0.0547 e. The quantitative estimate of drug-likeness (QED) is 0.176. The first-order chi connectivity index (χ1) is 26.1. The zero-order chi connectivity index (χ0) is 35.3. The molecule has 250 valence electrons. The van der Waals surface area contributed by atoms with Crippen LogP contribution in [0.1, 0.15) is 25.0 Å². The van der Waals surface area contributed by atoms with Crippen LogP contribution >= 0.6 is 0 Å². The van der Waals surface area contributed by atoms with E-state index in [1.807, 2.05) is 0 Å². The molecule has 0 spiro atoms. The third-order valence-corrected chi connectivity index (χ3v) is 11.7. The van der Waals surface area contributed by atoms with Crippen LogP contribution in [0.2, 0.25) is 0 Å². The lowest BCUT2D eigenvalue weighted by Gasteiger charge is -2.22. The molecular weight excluding hydrogens is 641 g/mol. The molecule has 1 aliphatic carbocycles. The molecule has 0 saturated carbocycles. The summed E-state index contributed by atoms with van der Waals surface area (Å²) in [6, 6.07) is 67.0. The van der Waals surface area contributed by atoms with E-state index in [-0.39, 0.29) is 5.41 Å². The molecule has 8 aromatic carbocycles. The van der Waals surface area contributed by atoms with E-state index in [1.54, 1.807) is 0 Å². The summed E-state index contributed by atoms with van der Waals surface area (Å²) < 4.78 is 4.95. The van der Waals surface area contributed by atoms with Crippen LogP contribution in [0.4, 0.5) is 0 Å². The molecule has 11 rings (SSSR count). The number of benzene rings is 8. The Bertz CT molecular complexity index is 3060. The van der Waals surface area contributed by atoms with Gasteiger partial charge in [-0.3, -0.25) is 0 Å². The minimum atomic E-state index is -0.0718. The summed E-state index contributed by atoms with van der Waals surface area (Å²) in [5, 5.41) is 5.07. The summed E-state index contributed by atoms with van der Waals surface area (Å²) in [4.78, 5) is 0. The summed E-state index contributed by atoms with van der Waals surface area (Å²) >= 11 is 0. The van der Waals surface area contributed by atoms with E-state index >= 15 is 0 Å². The third kappa shape index (κ3) is 4.21. The molecular formula is C51H36N2. The molecule has 0 aliphatic heterocycles. The predicted octanol–water partition coefficient (Wildman–Crippen LogP) is 13.5. The molecule has 0 bridgehead atoms. The van der Waals surface area contributed by atoms with Crippen LogP contribution in [0.25, 0.3) is 88.4 Å². The number of hydrogen-bond donors (Lipinski definition) is 0. The van der Waals surface area contributed by atoms with Gasteiger partial charge in [0.2, 0.25) is 0 Å². The van der Waals surface area contributed by atoms with Crippen LogP contribution in [0, 0.1) is 0 Å². The fraction of sp³-hybridized carbons (Fsp3) is 0.0588. The van der Waals surface area contributed by atoms with Crippen molar-refractivity contribution in [3.63, 3.8) is 0 Å². The Balaban J connectivity index is 1.18. The number of rotatable bonds is 4. The van der Waals surface area contributed by atoms with Gasteiger partial charge in [-0.1, -0.05) is 153 Å². The molecule has 0 unspecified atom stereocenters. The number of hydrogen-bond acceptors (Lipinski definition) is 0. The lowest BCUT2D eigenvalue weighted by Crippen LogP contribution is -2.14. The van der Waals surface area contributed by atoms with Crippen LogP contribution in [0.5, 0.6) is 0 Å². The van der Waals surface area contributed by atoms with Gasteiger partial charge >= 0.3 is 0 Å². The van der Waals surface area contributed by atoms with Gasteiger partial charge in [0.1, 0.15) is 0 Å². The van der Waals surface area contributed by atoms with E-state index < -0.39 is 0 Å². The number of aromatic nitrogens is 2. The zero-order valence-electron chi connectivity index (χ0n) is 29.7. The van der Waals surface area contributed by atoms with E-state index in [9.17, 15) is 0 Å². The Hall–Kier alpha value is -6.64. The third-order valence-electron chi connectivity index (χ3n) is 11.7. The Morgan fingerprint density at radius 3 is 1.55 bits per heavy atom. The van der Waals surface area contributed by atoms with E-state index in [0.29, 0.717) is 0 Å². The Labute approximate surface area is 308 Å². The van der Waals surface area contributed by atoms with Gasteiger partial charge in [-0.25, -0.2) is 0 Å². The molecule has 0 fully saturated rings. The number of nitrogens with zero attached hydrogens (tertiary/aromatic N) is 2. The Morgan fingerprint density at radius 2 is 0.849 bits per heavy atom. The van der Waals surface area contributed by atoms with Crippen molar-refractivity contribution in [2.24, 2.45) is 0 Å². The maximum absolute atomic E-state index is 2.52. The SMILES string of the molecule is CC1(C)c2ccccc2-c2c(-n3c4ccccc4c4c(-c5cccc6c5c5ccccc5n6-c5ccc(-c6ccccc6)cc5)cccc43)cccc21. The maximum atomic E-state index is 2.52. The lowest BCUT2D eigenvalue weighted by molar-refractivity contribution is 0.660. The molecule has 0 N–H and O–H groups in total. The minimum absolute atomic E-state index is 0.0718. The largest absolute Gasteiger partial charge is 0.309 e. The first-order valence-electron chi connectivity index (χ1n) is 18.5. The summed E-state index contributed by atoms with van der Waals surface area (Å²) in [7, 11) is 0. The van der Waals surface area contributed by atoms with E-state index in [4.69, 9.17) is 0 Å². The van der Waals surface area contributed by atoms with Crippen LogP contribution in [-0.2, 0) is 5.41 Å². The molecule has 2 aromatic heterocycles. The molecule has 0 saturated heterocycles. The van der Waals surface area contributed by atoms with Crippen molar-refractivity contribution in [1.82, 2.24) is 9.13 Å². The monoisotopic (exact) mass is 676 g/mol. The van der Waals surface area contributed by atoms with Crippen molar-refractivity contribution >= 4 is 43.6 Å². The van der Waals surface area contributed by atoms with Gasteiger partial charge in [0.15, 0.2) is 0 Å². The average molecular weight is 677 g/mol. The second kappa shape index (κ2) is 11.2. The molecule has 1 aliphatic rings. The first kappa shape index (κ1) is 30.0. The molecule has 2 nitrogen and oxygen atoms in total. The summed E-state index contributed by atoms with van der Waals surface area (Å²) in [5.74, 6) is 0. The van der Waals surface area contributed by atoms with Crippen molar-refractivity contribution in [2.75, 3.05) is 0 Å². The summed E-state index contributed by atoms with van der Waals surface area (Å²) in [6.45, 7) is 4.72. The summed E-state index contributed by atoms with van der Waals surface area (Å²) in [5.41, 5.74) is 17.6. The Morgan fingerprint density at radius 1 is 0.358 bits per heavy atom. The molecule has 2 heteroatoms. The molecule has 2 heterocycles. The standard InChI is InChI=1S/C51H36N2/c1-51(2)41-22-9-6-17-38(41)50-42(51)23-14-28-47(50)53-44-25-11-8-19-40(44)49-37(21-13-27-46(49)53)36-20-12-26-45-48(36)39-18-7-10-24-43(39)52(45)35-31-29-34(30-32-35)33-15-4-3-5-16-33/h3-32H,1-2H3. The van der Waals surface area contributed by atoms with Crippen molar-refractivity contribution in [3.05, 3.63) is 193 Å². The average Bonchev–Trinajstić information content (AvgIpc) is 3.82. The molecule has 0 atom stereocenters. The van der Waals surface area contributed by atoms with E-state index in [0.717, 1.165) is 5.69 Å². The van der Waals surface area contributed by atoms with Gasteiger partial charge in [0.05, 0.1) is 27.8 Å². The highest BCUT2D eigenvalue weighted by Crippen LogP contribution is 2.52. The highest BCUT2D eigenvalue weighted by molar-refractivity contribution is 6.22. The van der Waals surface area contributed by atoms with E-state index in [2.05, 4.69) is 205 Å². The second-order valence-corrected chi connectivity index (χ2v) is 14.9. The van der Waals surface area contributed by atoms with Gasteiger partial charge < -0.3 is 9.13 Å². The normalized spacial score (nSPS) is 13.2. The molecule has 53 heavy (non-hydrogen) atoms. The number of fused-ring (bicyclic) bond motifs is 9. The van der Waals surface area contributed by atoms with Crippen LogP contribution in [0.15, 0.2) is 182 Å².